The lowest BCUT2D eigenvalue weighted by Crippen LogP contribution is -2.52. The van der Waals surface area contributed by atoms with E-state index in [1.54, 1.807) is 7.11 Å². The van der Waals surface area contributed by atoms with Crippen molar-refractivity contribution in [2.75, 3.05) is 14.2 Å². The van der Waals surface area contributed by atoms with Crippen LogP contribution in [-0.4, -0.2) is 26.0 Å². The highest BCUT2D eigenvalue weighted by molar-refractivity contribution is 5.98. The van der Waals surface area contributed by atoms with Gasteiger partial charge in [-0.3, -0.25) is 20.9 Å². The normalized spacial score (nSPS) is 25.7. The highest BCUT2D eigenvalue weighted by Crippen LogP contribution is 2.58. The summed E-state index contributed by atoms with van der Waals surface area (Å²) in [5.74, 6) is 7.03. The van der Waals surface area contributed by atoms with E-state index >= 15 is 0 Å². The number of Topliss-reactive ketones (excluding diaryl/α,β-unsaturated/α-hetero) is 1. The van der Waals surface area contributed by atoms with Crippen LogP contribution in [0.5, 0.6) is 5.75 Å². The van der Waals surface area contributed by atoms with Crippen LogP contribution in [0.1, 0.15) is 104 Å². The smallest absolute Gasteiger partial charge is 0.311 e. The molecule has 1 saturated carbocycles. The molecule has 0 radical (unpaired) electrons. The number of rotatable bonds is 8. The molecule has 3 N–H and O–H groups in total. The largest absolute Gasteiger partial charge is 0.497 e. The number of carbonyl (C=O) groups excluding carboxylic acids is 2. The molecule has 0 amide bonds. The quantitative estimate of drug-likeness (QED) is 0.204. The first-order valence-electron chi connectivity index (χ1n) is 13.5. The van der Waals surface area contributed by atoms with Gasteiger partial charge in [0.15, 0.2) is 5.78 Å². The van der Waals surface area contributed by atoms with E-state index in [2.05, 4.69) is 45.3 Å². The molecule has 2 aliphatic rings. The Morgan fingerprint density at radius 2 is 1.81 bits per heavy atom. The Morgan fingerprint density at radius 1 is 1.11 bits per heavy atom. The maximum Gasteiger partial charge on any atom is 0.311 e. The zero-order chi connectivity index (χ0) is 27.0. The second-order valence-electron chi connectivity index (χ2n) is 11.6. The van der Waals surface area contributed by atoms with Gasteiger partial charge in [-0.15, -0.1) is 0 Å². The summed E-state index contributed by atoms with van der Waals surface area (Å²) in [4.78, 5) is 26.8. The third-order valence-corrected chi connectivity index (χ3v) is 9.21. The van der Waals surface area contributed by atoms with Crippen molar-refractivity contribution in [2.45, 2.75) is 83.6 Å². The van der Waals surface area contributed by atoms with Gasteiger partial charge in [-0.1, -0.05) is 45.4 Å². The SMILES string of the molecule is COC(=O)[C@]1(C)CCC[C@]2(C)c3cc(C(=O)CC(NN)c4ccc(OC)cc4)c(C(C)C)cc3CC[C@@H]12. The van der Waals surface area contributed by atoms with Gasteiger partial charge in [0.05, 0.1) is 25.7 Å². The number of nitrogens with one attached hydrogen (secondary N) is 1. The number of methoxy groups -OCH3 is 2. The number of benzene rings is 2. The Hall–Kier alpha value is -2.70. The van der Waals surface area contributed by atoms with Crippen LogP contribution in [0.15, 0.2) is 36.4 Å². The lowest BCUT2D eigenvalue weighted by Gasteiger charge is -2.54. The van der Waals surface area contributed by atoms with E-state index in [0.717, 1.165) is 54.5 Å². The minimum Gasteiger partial charge on any atom is -0.497 e. The van der Waals surface area contributed by atoms with Crippen LogP contribution in [0, 0.1) is 11.3 Å². The second-order valence-corrected chi connectivity index (χ2v) is 11.6. The number of esters is 1. The number of hydrogen-bond acceptors (Lipinski definition) is 6. The average molecular weight is 507 g/mol. The molecule has 4 atom stereocenters. The fourth-order valence-corrected chi connectivity index (χ4v) is 7.14. The zero-order valence-electron chi connectivity index (χ0n) is 23.1. The molecule has 2 aromatic rings. The minimum absolute atomic E-state index is 0.0718. The summed E-state index contributed by atoms with van der Waals surface area (Å²) < 4.78 is 10.5. The van der Waals surface area contributed by atoms with Gasteiger partial charge in [0.2, 0.25) is 0 Å². The van der Waals surface area contributed by atoms with Crippen LogP contribution in [-0.2, 0) is 21.4 Å². The monoisotopic (exact) mass is 506 g/mol. The van der Waals surface area contributed by atoms with E-state index in [0.29, 0.717) is 0 Å². The van der Waals surface area contributed by atoms with Crippen molar-refractivity contribution in [3.05, 3.63) is 64.2 Å². The van der Waals surface area contributed by atoms with Crippen molar-refractivity contribution < 1.29 is 19.1 Å². The summed E-state index contributed by atoms with van der Waals surface area (Å²) in [5, 5.41) is 0. The average Bonchev–Trinajstić information content (AvgIpc) is 2.90. The van der Waals surface area contributed by atoms with Crippen molar-refractivity contribution in [3.8, 4) is 5.75 Å². The number of ketones is 1. The van der Waals surface area contributed by atoms with Gasteiger partial charge in [0.1, 0.15) is 5.75 Å². The van der Waals surface area contributed by atoms with E-state index in [-0.39, 0.29) is 41.5 Å². The molecule has 37 heavy (non-hydrogen) atoms. The van der Waals surface area contributed by atoms with Crippen molar-refractivity contribution in [1.82, 2.24) is 5.43 Å². The lowest BCUT2D eigenvalue weighted by atomic mass is 9.49. The summed E-state index contributed by atoms with van der Waals surface area (Å²) in [5.41, 5.74) is 7.49. The molecule has 6 heteroatoms. The summed E-state index contributed by atoms with van der Waals surface area (Å²) in [6.45, 7) is 8.65. The Labute approximate surface area is 221 Å². The number of hydrogen-bond donors (Lipinski definition) is 2. The Balaban J connectivity index is 1.73. The standard InChI is InChI=1S/C31H42N2O4/c1-19(2)23-16-21-10-13-28-30(3,14-7-15-31(28,4)29(35)37-6)25(21)17-24(23)27(34)18-26(33-32)20-8-11-22(36-5)12-9-20/h8-9,11-12,16-17,19,26,28,33H,7,10,13-15,18,32H2,1-6H3/t26?,28-,30-,31-/m1/s1. The Kier molecular flexibility index (Phi) is 7.82. The molecular weight excluding hydrogens is 464 g/mol. The minimum atomic E-state index is -0.511. The van der Waals surface area contributed by atoms with Crippen LogP contribution in [0.4, 0.5) is 0 Å². The van der Waals surface area contributed by atoms with Gasteiger partial charge in [-0.2, -0.15) is 0 Å². The van der Waals surface area contributed by atoms with Gasteiger partial charge >= 0.3 is 5.97 Å². The van der Waals surface area contributed by atoms with Gasteiger partial charge < -0.3 is 9.47 Å². The first-order chi connectivity index (χ1) is 17.6. The van der Waals surface area contributed by atoms with Crippen LogP contribution >= 0.6 is 0 Å². The van der Waals surface area contributed by atoms with E-state index in [9.17, 15) is 9.59 Å². The van der Waals surface area contributed by atoms with E-state index < -0.39 is 5.41 Å². The van der Waals surface area contributed by atoms with Crippen molar-refractivity contribution >= 4 is 11.8 Å². The molecule has 0 heterocycles. The van der Waals surface area contributed by atoms with Gasteiger partial charge in [-0.25, -0.2) is 0 Å². The zero-order valence-corrected chi connectivity index (χ0v) is 23.1. The number of hydrazine groups is 1. The number of carbonyl (C=O) groups is 2. The molecule has 1 fully saturated rings. The number of nitrogens with two attached hydrogens (primary N) is 1. The van der Waals surface area contributed by atoms with E-state index in [4.69, 9.17) is 15.3 Å². The Bertz CT molecular complexity index is 1160. The molecule has 1 unspecified atom stereocenters. The summed E-state index contributed by atoms with van der Waals surface area (Å²) in [6.07, 6.45) is 4.93. The molecule has 0 saturated heterocycles. The van der Waals surface area contributed by atoms with Crippen molar-refractivity contribution in [2.24, 2.45) is 17.2 Å². The molecule has 2 aromatic carbocycles. The van der Waals surface area contributed by atoms with Crippen molar-refractivity contribution in [3.63, 3.8) is 0 Å². The highest BCUT2D eigenvalue weighted by Gasteiger charge is 2.55. The number of fused-ring (bicyclic) bond motifs is 3. The second kappa shape index (κ2) is 10.6. The summed E-state index contributed by atoms with van der Waals surface area (Å²) in [7, 11) is 3.12. The maximum atomic E-state index is 13.9. The third kappa shape index (κ3) is 4.82. The third-order valence-electron chi connectivity index (χ3n) is 9.21. The lowest BCUT2D eigenvalue weighted by molar-refractivity contribution is -0.161. The van der Waals surface area contributed by atoms with Crippen LogP contribution in [0.2, 0.25) is 0 Å². The van der Waals surface area contributed by atoms with E-state index in [1.807, 2.05) is 24.3 Å². The molecule has 200 valence electrons. The number of aryl methyl sites for hydroxylation is 1. The van der Waals surface area contributed by atoms with Crippen LogP contribution in [0.3, 0.4) is 0 Å². The fraction of sp³-hybridized carbons (Fsp3) is 0.548. The Morgan fingerprint density at radius 3 is 2.41 bits per heavy atom. The van der Waals surface area contributed by atoms with Crippen LogP contribution < -0.4 is 16.0 Å². The maximum absolute atomic E-state index is 13.9. The molecule has 0 aromatic heterocycles. The predicted octanol–water partition coefficient (Wildman–Crippen LogP) is 5.78. The highest BCUT2D eigenvalue weighted by atomic mass is 16.5. The fourth-order valence-electron chi connectivity index (χ4n) is 7.14. The molecular formula is C31H42N2O4. The molecule has 4 rings (SSSR count). The summed E-state index contributed by atoms with van der Waals surface area (Å²) in [6, 6.07) is 11.7. The number of ether oxygens (including phenoxy) is 2. The van der Waals surface area contributed by atoms with Crippen LogP contribution in [0.25, 0.3) is 0 Å². The molecule has 2 aliphatic carbocycles. The van der Waals surface area contributed by atoms with Gasteiger partial charge in [0, 0.05) is 12.0 Å². The molecule has 0 aliphatic heterocycles. The van der Waals surface area contributed by atoms with Gasteiger partial charge in [0.25, 0.3) is 0 Å². The topological polar surface area (TPSA) is 90.7 Å². The van der Waals surface area contributed by atoms with Gasteiger partial charge in [-0.05, 0) is 90.3 Å². The first kappa shape index (κ1) is 27.3. The molecule has 0 spiro atoms. The van der Waals surface area contributed by atoms with Crippen molar-refractivity contribution in [1.29, 1.82) is 0 Å². The predicted molar refractivity (Wildman–Crippen MR) is 146 cm³/mol. The summed E-state index contributed by atoms with van der Waals surface area (Å²) >= 11 is 0. The molecule has 6 nitrogen and oxygen atoms in total. The van der Waals surface area contributed by atoms with E-state index in [1.165, 1.54) is 18.2 Å². The first-order valence-corrected chi connectivity index (χ1v) is 13.5. The molecule has 0 bridgehead atoms.